The molecule has 1 atom stereocenters. The molecule has 1 amide bonds. The first-order chi connectivity index (χ1) is 30.8. The maximum atomic E-state index is 15.2. The number of carbonyl (C=O) groups is 1. The van der Waals surface area contributed by atoms with Crippen molar-refractivity contribution in [3.05, 3.63) is 117 Å². The number of alkyl halides is 3. The van der Waals surface area contributed by atoms with Crippen molar-refractivity contribution in [1.82, 2.24) is 19.4 Å². The van der Waals surface area contributed by atoms with Crippen molar-refractivity contribution in [3.8, 4) is 11.1 Å². The first-order valence-corrected chi connectivity index (χ1v) is 14.7. The zero-order chi connectivity index (χ0) is 53.2. The summed E-state index contributed by atoms with van der Waals surface area (Å²) in [5, 5.41) is -1.46. The molecule has 1 aromatic heterocycles. The maximum Gasteiger partial charge on any atom is 0.416 e. The molecule has 0 saturated heterocycles. The van der Waals surface area contributed by atoms with Crippen LogP contribution in [0.4, 0.5) is 17.6 Å². The van der Waals surface area contributed by atoms with Crippen LogP contribution in [-0.2, 0) is 42.5 Å². The predicted molar refractivity (Wildman–Crippen MR) is 181 cm³/mol. The van der Waals surface area contributed by atoms with Crippen LogP contribution in [0.25, 0.3) is 11.1 Å². The number of halogens is 4. The Balaban J connectivity index is 1.83. The summed E-state index contributed by atoms with van der Waals surface area (Å²) in [6, 6.07) is 3.10. The summed E-state index contributed by atoms with van der Waals surface area (Å²) in [5.74, 6) is -7.16. The largest absolute Gasteiger partial charge is 0.416 e. The molecule has 1 heterocycles. The first-order valence-electron chi connectivity index (χ1n) is 24.4. The van der Waals surface area contributed by atoms with E-state index in [1.807, 2.05) is 0 Å². The van der Waals surface area contributed by atoms with Gasteiger partial charge in [-0.05, 0) is 78.1 Å². The molecule has 1 aliphatic carbocycles. The second kappa shape index (κ2) is 15.5. The lowest BCUT2D eigenvalue weighted by Crippen LogP contribution is -2.40. The monoisotopic (exact) mass is 701 g/mol. The Kier molecular flexibility index (Phi) is 5.53. The third kappa shape index (κ3) is 8.73. The van der Waals surface area contributed by atoms with Crippen molar-refractivity contribution in [2.45, 2.75) is 63.6 Å². The van der Waals surface area contributed by atoms with Gasteiger partial charge in [0.25, 0.3) is 5.56 Å². The van der Waals surface area contributed by atoms with E-state index < -0.39 is 150 Å². The molecule has 0 fully saturated rings. The Bertz CT molecular complexity index is 2700. The number of fused-ring (bicyclic) bond motifs is 1. The molecule has 11 heteroatoms. The summed E-state index contributed by atoms with van der Waals surface area (Å²) in [7, 11) is 0. The van der Waals surface area contributed by atoms with Gasteiger partial charge >= 0.3 is 6.18 Å². The summed E-state index contributed by atoms with van der Waals surface area (Å²) >= 11 is -0.498. The standard InChI is InChI=1S/C37H40F4N4O2S/c1-4-43(5-2)18-19-44(22-26-6-10-28(11-7-26)29-12-14-30(15-13-29)37(39,40)41)34(46)23-45-33-21-25(3)20-32(33)35(47)42-36(45)48-24-27-8-16-31(38)17-9-27/h6-17,25H,4-5,18-24H2,1-3H3/i4D2,5D2,8D,9D,16D,17D,18D2,19D2,20D2,21D2,23D2,24D2,25D. The number of benzene rings is 3. The van der Waals surface area contributed by atoms with Crippen molar-refractivity contribution in [2.24, 2.45) is 5.89 Å². The molecular formula is C37H40F4N4O2S. The maximum absolute atomic E-state index is 15.2. The topological polar surface area (TPSA) is 58.4 Å². The average Bonchev–Trinajstić information content (AvgIpc) is 3.29. The van der Waals surface area contributed by atoms with Gasteiger partial charge in [-0.15, -0.1) is 0 Å². The Morgan fingerprint density at radius 2 is 1.65 bits per heavy atom. The first kappa shape index (κ1) is 17.1. The smallest absolute Gasteiger partial charge is 0.336 e. The summed E-state index contributed by atoms with van der Waals surface area (Å²) in [6.07, 6.45) is -11.7. The molecule has 4 aromatic rings. The van der Waals surface area contributed by atoms with E-state index in [9.17, 15) is 27.8 Å². The number of hydrogen-bond acceptors (Lipinski definition) is 5. The molecule has 0 spiro atoms. The number of rotatable bonds is 13. The van der Waals surface area contributed by atoms with Crippen molar-refractivity contribution >= 4 is 17.7 Å². The van der Waals surface area contributed by atoms with Crippen LogP contribution < -0.4 is 5.56 Å². The molecule has 254 valence electrons. The molecule has 0 bridgehead atoms. The van der Waals surface area contributed by atoms with Crippen LogP contribution in [-0.4, -0.2) is 51.2 Å². The second-order valence-electron chi connectivity index (χ2n) is 9.81. The van der Waals surface area contributed by atoms with Gasteiger partial charge in [-0.3, -0.25) is 9.59 Å². The Hall–Kier alpha value is -3.96. The van der Waals surface area contributed by atoms with Crippen LogP contribution in [0.2, 0.25) is 0 Å². The number of carbonyl (C=O) groups excluding carboxylic acids is 1. The lowest BCUT2D eigenvalue weighted by Gasteiger charge is -2.28. The normalized spacial score (nSPS) is 26.2. The number of likely N-dealkylation sites (N-methyl/N-ethyl adjacent to an activating group) is 1. The van der Waals surface area contributed by atoms with Gasteiger partial charge in [0.2, 0.25) is 5.91 Å². The Morgan fingerprint density at radius 1 is 1.02 bits per heavy atom. The summed E-state index contributed by atoms with van der Waals surface area (Å²) < 4.78 is 237. The zero-order valence-electron chi connectivity index (χ0n) is 46.4. The van der Waals surface area contributed by atoms with E-state index in [2.05, 4.69) is 4.98 Å². The molecular weight excluding hydrogens is 640 g/mol. The minimum absolute atomic E-state index is 0.213. The minimum Gasteiger partial charge on any atom is -0.336 e. The molecule has 1 unspecified atom stereocenters. The number of nitrogens with zero attached hydrogens (tertiary/aromatic N) is 4. The molecule has 5 rings (SSSR count). The van der Waals surface area contributed by atoms with Crippen LogP contribution in [0.5, 0.6) is 0 Å². The fourth-order valence-corrected chi connectivity index (χ4v) is 4.89. The van der Waals surface area contributed by atoms with Crippen LogP contribution in [0, 0.1) is 11.7 Å². The third-order valence-electron chi connectivity index (χ3n) is 6.56. The second-order valence-corrected chi connectivity index (χ2v) is 10.6. The predicted octanol–water partition coefficient (Wildman–Crippen LogP) is 7.47. The van der Waals surface area contributed by atoms with Gasteiger partial charge in [0.05, 0.1) is 16.5 Å². The highest BCUT2D eigenvalue weighted by Gasteiger charge is 2.30. The van der Waals surface area contributed by atoms with Gasteiger partial charge in [-0.2, -0.15) is 18.2 Å². The minimum atomic E-state index is -4.68. The van der Waals surface area contributed by atoms with E-state index in [-0.39, 0.29) is 31.1 Å². The molecule has 0 aliphatic heterocycles. The summed E-state index contributed by atoms with van der Waals surface area (Å²) in [6.45, 7) is -18.1. The van der Waals surface area contributed by atoms with Crippen molar-refractivity contribution in [2.75, 3.05) is 26.0 Å². The van der Waals surface area contributed by atoms with Gasteiger partial charge in [0.1, 0.15) is 12.3 Å². The van der Waals surface area contributed by atoms with E-state index in [1.54, 1.807) is 0 Å². The number of thioether (sulfide) groups is 1. The van der Waals surface area contributed by atoms with Gasteiger partial charge in [-0.25, -0.2) is 4.39 Å². The van der Waals surface area contributed by atoms with Gasteiger partial charge < -0.3 is 14.4 Å². The van der Waals surface area contributed by atoms with E-state index in [0.717, 1.165) is 36.4 Å². The van der Waals surface area contributed by atoms with Crippen molar-refractivity contribution in [3.63, 3.8) is 0 Å². The fourth-order valence-electron chi connectivity index (χ4n) is 4.23. The molecule has 3 aromatic carbocycles. The molecule has 1 aliphatic rings. The van der Waals surface area contributed by atoms with E-state index in [4.69, 9.17) is 23.3 Å². The Labute approximate surface area is 312 Å². The van der Waals surface area contributed by atoms with Crippen LogP contribution in [0.15, 0.2) is 82.7 Å². The van der Waals surface area contributed by atoms with Gasteiger partial charge in [0, 0.05) is 54.3 Å². The van der Waals surface area contributed by atoms with Crippen molar-refractivity contribution in [1.29, 1.82) is 0 Å². The fraction of sp³-hybridized carbons (Fsp3) is 0.378. The van der Waals surface area contributed by atoms with E-state index >= 15 is 4.79 Å². The van der Waals surface area contributed by atoms with Crippen molar-refractivity contribution < 1.29 is 51.1 Å². The van der Waals surface area contributed by atoms with Gasteiger partial charge in [0.15, 0.2) is 5.16 Å². The highest BCUT2D eigenvalue weighted by Crippen LogP contribution is 2.32. The number of aromatic nitrogens is 2. The SMILES string of the molecule is [2H]c1c([2H])c(C([2H])([2H])Sc2nc(=O)c3c(n2C([2H])([2H])C(=O)N(Cc2ccc(-c4ccc(C(F)(F)F)cc4)cc2)C([2H])([2H])C([2H])([2H])N(C([2H])([2H])C)C([2H])([2H])C)C([2H])([2H])C([2H])(C)C3([2H])[2H])c([2H])c([2H])c1F. The molecule has 48 heavy (non-hydrogen) atoms. The van der Waals surface area contributed by atoms with Crippen LogP contribution >= 0.6 is 11.8 Å². The van der Waals surface area contributed by atoms with Crippen LogP contribution in [0.1, 0.15) is 77.5 Å². The van der Waals surface area contributed by atoms with E-state index in [0.29, 0.717) is 20.8 Å². The summed E-state index contributed by atoms with van der Waals surface area (Å²) in [5.41, 5.74) is -10.2. The molecule has 0 saturated carbocycles. The summed E-state index contributed by atoms with van der Waals surface area (Å²) in [4.78, 5) is 32.1. The van der Waals surface area contributed by atoms with Gasteiger partial charge in [-0.1, -0.05) is 81.0 Å². The zero-order valence-corrected chi connectivity index (χ0v) is 26.2. The highest BCUT2D eigenvalue weighted by molar-refractivity contribution is 7.98. The number of amides is 1. The lowest BCUT2D eigenvalue weighted by atomic mass is 10.0. The quantitative estimate of drug-likeness (QED) is 0.0823. The van der Waals surface area contributed by atoms with Crippen LogP contribution in [0.3, 0.4) is 0 Å². The lowest BCUT2D eigenvalue weighted by molar-refractivity contribution is -0.137. The third-order valence-corrected chi connectivity index (χ3v) is 7.32. The Morgan fingerprint density at radius 3 is 2.25 bits per heavy atom. The molecule has 0 N–H and O–H groups in total. The number of hydrogen-bond donors (Lipinski definition) is 0. The molecule has 6 nitrogen and oxygen atoms in total. The van der Waals surface area contributed by atoms with E-state index in [1.165, 1.54) is 12.1 Å². The average molecular weight is 702 g/mol. The highest BCUT2D eigenvalue weighted by atomic mass is 32.2. The molecule has 0 radical (unpaired) electrons.